The SMILES string of the molecule is Cc1sc2nc(/C(C#N)=C/c3ccc(-c4ccccc4)cc3)[nH]c(=O)c2c1C. The van der Waals surface area contributed by atoms with E-state index in [1.807, 2.05) is 56.3 Å². The molecule has 4 nitrogen and oxygen atoms in total. The fourth-order valence-electron chi connectivity index (χ4n) is 3.10. The van der Waals surface area contributed by atoms with Gasteiger partial charge in [-0.05, 0) is 42.2 Å². The Kier molecular flexibility index (Phi) is 4.64. The number of hydrogen-bond donors (Lipinski definition) is 1. The minimum absolute atomic E-state index is 0.206. The number of aromatic nitrogens is 2. The maximum absolute atomic E-state index is 12.5. The van der Waals surface area contributed by atoms with E-state index in [9.17, 15) is 10.1 Å². The van der Waals surface area contributed by atoms with E-state index >= 15 is 0 Å². The molecule has 28 heavy (non-hydrogen) atoms. The molecule has 4 aromatic rings. The van der Waals surface area contributed by atoms with Crippen LogP contribution < -0.4 is 5.56 Å². The molecule has 0 amide bonds. The van der Waals surface area contributed by atoms with E-state index in [1.54, 1.807) is 6.08 Å². The third-order valence-electron chi connectivity index (χ3n) is 4.74. The van der Waals surface area contributed by atoms with E-state index in [0.717, 1.165) is 27.1 Å². The first-order valence-corrected chi connectivity index (χ1v) is 9.66. The van der Waals surface area contributed by atoms with Crippen molar-refractivity contribution < 1.29 is 0 Å². The minimum Gasteiger partial charge on any atom is -0.305 e. The Morgan fingerprint density at radius 3 is 2.43 bits per heavy atom. The smallest absolute Gasteiger partial charge is 0.260 e. The van der Waals surface area contributed by atoms with Crippen molar-refractivity contribution in [2.45, 2.75) is 13.8 Å². The quantitative estimate of drug-likeness (QED) is 0.486. The van der Waals surface area contributed by atoms with Gasteiger partial charge in [-0.15, -0.1) is 11.3 Å². The van der Waals surface area contributed by atoms with Gasteiger partial charge in [0.05, 0.1) is 11.0 Å². The second-order valence-electron chi connectivity index (χ2n) is 6.54. The van der Waals surface area contributed by atoms with Crippen LogP contribution in [0.15, 0.2) is 59.4 Å². The second-order valence-corrected chi connectivity index (χ2v) is 7.74. The van der Waals surface area contributed by atoms with Crippen molar-refractivity contribution in [2.24, 2.45) is 0 Å². The van der Waals surface area contributed by atoms with E-state index in [-0.39, 0.29) is 5.56 Å². The molecule has 5 heteroatoms. The molecule has 1 N–H and O–H groups in total. The zero-order valence-electron chi connectivity index (χ0n) is 15.5. The molecule has 0 atom stereocenters. The van der Waals surface area contributed by atoms with Crippen LogP contribution in [-0.2, 0) is 0 Å². The Hall–Kier alpha value is -3.49. The van der Waals surface area contributed by atoms with Crippen LogP contribution in [0.1, 0.15) is 21.8 Å². The summed E-state index contributed by atoms with van der Waals surface area (Å²) in [6.45, 7) is 3.89. The molecule has 0 saturated heterocycles. The van der Waals surface area contributed by atoms with Gasteiger partial charge in [-0.25, -0.2) is 4.98 Å². The largest absolute Gasteiger partial charge is 0.305 e. The van der Waals surface area contributed by atoms with Crippen LogP contribution in [-0.4, -0.2) is 9.97 Å². The van der Waals surface area contributed by atoms with Crippen LogP contribution in [0.25, 0.3) is 33.0 Å². The van der Waals surface area contributed by atoms with Crippen LogP contribution in [0.3, 0.4) is 0 Å². The van der Waals surface area contributed by atoms with Crippen LogP contribution in [0.4, 0.5) is 0 Å². The van der Waals surface area contributed by atoms with Gasteiger partial charge in [0, 0.05) is 4.88 Å². The van der Waals surface area contributed by atoms with E-state index < -0.39 is 0 Å². The average molecular weight is 383 g/mol. The number of hydrogen-bond acceptors (Lipinski definition) is 4. The van der Waals surface area contributed by atoms with Crippen molar-refractivity contribution in [1.82, 2.24) is 9.97 Å². The topological polar surface area (TPSA) is 69.5 Å². The maximum Gasteiger partial charge on any atom is 0.260 e. The highest BCUT2D eigenvalue weighted by Crippen LogP contribution is 2.27. The van der Waals surface area contributed by atoms with Crippen molar-refractivity contribution >= 4 is 33.2 Å². The summed E-state index contributed by atoms with van der Waals surface area (Å²) in [5.41, 5.74) is 4.18. The highest BCUT2D eigenvalue weighted by atomic mass is 32.1. The zero-order valence-corrected chi connectivity index (χ0v) is 16.3. The Morgan fingerprint density at radius 2 is 1.75 bits per heavy atom. The number of nitrogens with zero attached hydrogens (tertiary/aromatic N) is 2. The number of aromatic amines is 1. The second kappa shape index (κ2) is 7.26. The summed E-state index contributed by atoms with van der Waals surface area (Å²) < 4.78 is 0. The molecule has 0 saturated carbocycles. The zero-order chi connectivity index (χ0) is 19.7. The van der Waals surface area contributed by atoms with Gasteiger partial charge in [0.1, 0.15) is 10.9 Å². The van der Waals surface area contributed by atoms with E-state index in [2.05, 4.69) is 28.2 Å². The van der Waals surface area contributed by atoms with E-state index in [0.29, 0.717) is 21.6 Å². The lowest BCUT2D eigenvalue weighted by Crippen LogP contribution is -2.10. The third kappa shape index (κ3) is 3.26. The highest BCUT2D eigenvalue weighted by Gasteiger charge is 2.14. The third-order valence-corrected chi connectivity index (χ3v) is 5.84. The number of thiophene rings is 1. The molecular weight excluding hydrogens is 366 g/mol. The first kappa shape index (κ1) is 17.9. The molecule has 0 aliphatic carbocycles. The molecule has 2 heterocycles. The lowest BCUT2D eigenvalue weighted by Gasteiger charge is -2.03. The molecule has 2 aromatic heterocycles. The van der Waals surface area contributed by atoms with Gasteiger partial charge in [-0.1, -0.05) is 54.6 Å². The number of allylic oxidation sites excluding steroid dienone is 1. The Bertz CT molecular complexity index is 1290. The van der Waals surface area contributed by atoms with Gasteiger partial charge in [0.25, 0.3) is 5.56 Å². The number of nitrogens with one attached hydrogen (secondary N) is 1. The summed E-state index contributed by atoms with van der Waals surface area (Å²) in [6.07, 6.45) is 1.74. The van der Waals surface area contributed by atoms with E-state index in [1.165, 1.54) is 11.3 Å². The van der Waals surface area contributed by atoms with Crippen molar-refractivity contribution in [2.75, 3.05) is 0 Å². The summed E-state index contributed by atoms with van der Waals surface area (Å²) in [6, 6.07) is 20.2. The summed E-state index contributed by atoms with van der Waals surface area (Å²) in [5, 5.41) is 10.2. The molecule has 0 aliphatic rings. The molecule has 2 aromatic carbocycles. The minimum atomic E-state index is -0.206. The van der Waals surface area contributed by atoms with Crippen molar-refractivity contribution in [3.8, 4) is 17.2 Å². The molecule has 0 spiro atoms. The number of H-pyrrole nitrogens is 1. The summed E-state index contributed by atoms with van der Waals surface area (Å²) >= 11 is 1.47. The number of nitriles is 1. The lowest BCUT2D eigenvalue weighted by atomic mass is 10.0. The predicted molar refractivity (Wildman–Crippen MR) is 115 cm³/mol. The number of benzene rings is 2. The van der Waals surface area contributed by atoms with Gasteiger partial charge in [0.2, 0.25) is 0 Å². The lowest BCUT2D eigenvalue weighted by molar-refractivity contribution is 1.13. The Labute approximate surface area is 166 Å². The Morgan fingerprint density at radius 1 is 1.07 bits per heavy atom. The van der Waals surface area contributed by atoms with Gasteiger partial charge in [-0.2, -0.15) is 5.26 Å². The van der Waals surface area contributed by atoms with Gasteiger partial charge in [0.15, 0.2) is 5.82 Å². The van der Waals surface area contributed by atoms with Crippen LogP contribution in [0.2, 0.25) is 0 Å². The number of aryl methyl sites for hydroxylation is 2. The molecule has 0 bridgehead atoms. The standard InChI is InChI=1S/C23H17N3OS/c1-14-15(2)28-23-20(14)22(27)25-21(26-23)19(13-24)12-16-8-10-18(11-9-16)17-6-4-3-5-7-17/h3-12H,1-2H3,(H,25,26,27)/b19-12+. The molecule has 0 unspecified atom stereocenters. The fourth-order valence-corrected chi connectivity index (χ4v) is 4.13. The first-order chi connectivity index (χ1) is 13.6. The van der Waals surface area contributed by atoms with Crippen molar-refractivity contribution in [3.05, 3.63) is 86.8 Å². The van der Waals surface area contributed by atoms with E-state index in [4.69, 9.17) is 0 Å². The normalized spacial score (nSPS) is 11.5. The Balaban J connectivity index is 1.73. The summed E-state index contributed by atoms with van der Waals surface area (Å²) in [7, 11) is 0. The first-order valence-electron chi connectivity index (χ1n) is 8.84. The predicted octanol–water partition coefficient (Wildman–Crippen LogP) is 5.33. The van der Waals surface area contributed by atoms with Crippen molar-refractivity contribution in [3.63, 3.8) is 0 Å². The molecule has 0 aliphatic heterocycles. The average Bonchev–Trinajstić information content (AvgIpc) is 3.01. The molecule has 0 fully saturated rings. The van der Waals surface area contributed by atoms with Gasteiger partial charge in [-0.3, -0.25) is 4.79 Å². The molecule has 0 radical (unpaired) electrons. The van der Waals surface area contributed by atoms with Gasteiger partial charge < -0.3 is 4.98 Å². The summed E-state index contributed by atoms with van der Waals surface area (Å²) in [5.74, 6) is 0.299. The number of rotatable bonds is 3. The highest BCUT2D eigenvalue weighted by molar-refractivity contribution is 7.18. The van der Waals surface area contributed by atoms with Crippen molar-refractivity contribution in [1.29, 1.82) is 5.26 Å². The van der Waals surface area contributed by atoms with Gasteiger partial charge >= 0.3 is 0 Å². The van der Waals surface area contributed by atoms with Crippen LogP contribution >= 0.6 is 11.3 Å². The maximum atomic E-state index is 12.5. The monoisotopic (exact) mass is 383 g/mol. The van der Waals surface area contributed by atoms with Crippen LogP contribution in [0, 0.1) is 25.2 Å². The summed E-state index contributed by atoms with van der Waals surface area (Å²) in [4.78, 5) is 21.5. The number of fused-ring (bicyclic) bond motifs is 1. The molecular formula is C23H17N3OS. The molecule has 4 rings (SSSR count). The molecule has 136 valence electrons. The fraction of sp³-hybridized carbons (Fsp3) is 0.0870. The van der Waals surface area contributed by atoms with Crippen LogP contribution in [0.5, 0.6) is 0 Å².